The molecule has 9 heteroatoms. The molecule has 1 aliphatic heterocycles. The summed E-state index contributed by atoms with van der Waals surface area (Å²) in [5, 5.41) is 10.4. The maximum atomic E-state index is 11.9. The highest BCUT2D eigenvalue weighted by Crippen LogP contribution is 2.34. The molecule has 0 aliphatic carbocycles. The van der Waals surface area contributed by atoms with Gasteiger partial charge in [0.15, 0.2) is 11.5 Å². The van der Waals surface area contributed by atoms with E-state index in [-0.39, 0.29) is 18.2 Å². The van der Waals surface area contributed by atoms with Crippen molar-refractivity contribution in [2.45, 2.75) is 11.4 Å². The lowest BCUT2D eigenvalue weighted by Gasteiger charge is -2.08. The number of ether oxygens (including phenoxy) is 2. The third kappa shape index (κ3) is 3.76. The summed E-state index contributed by atoms with van der Waals surface area (Å²) in [6.45, 7) is 0.404. The van der Waals surface area contributed by atoms with Crippen LogP contribution in [-0.2, 0) is 16.6 Å². The average Bonchev–Trinajstić information content (AvgIpc) is 3.00. The van der Waals surface area contributed by atoms with Crippen molar-refractivity contribution in [3.8, 4) is 11.5 Å². The number of rotatable bonds is 4. The second-order valence-electron chi connectivity index (χ2n) is 5.06. The largest absolute Gasteiger partial charge is 0.454 e. The summed E-state index contributed by atoms with van der Waals surface area (Å²) in [6, 6.07) is 10.6. The Kier molecular flexibility index (Phi) is 4.28. The van der Waals surface area contributed by atoms with Crippen LogP contribution in [0.5, 0.6) is 11.5 Å². The van der Waals surface area contributed by atoms with Gasteiger partial charge in [0.25, 0.3) is 0 Å². The monoisotopic (exact) mass is 349 g/mol. The van der Waals surface area contributed by atoms with Gasteiger partial charge in [-0.25, -0.2) is 18.4 Å². The highest BCUT2D eigenvalue weighted by atomic mass is 32.2. The molecule has 24 heavy (non-hydrogen) atoms. The number of primary sulfonamides is 1. The quantitative estimate of drug-likeness (QED) is 0.770. The maximum Gasteiger partial charge on any atom is 0.319 e. The van der Waals surface area contributed by atoms with E-state index in [0.717, 1.165) is 5.56 Å². The maximum absolute atomic E-state index is 11.9. The Balaban J connectivity index is 1.56. The van der Waals surface area contributed by atoms with Crippen molar-refractivity contribution in [3.63, 3.8) is 0 Å². The van der Waals surface area contributed by atoms with E-state index in [1.54, 1.807) is 30.3 Å². The van der Waals surface area contributed by atoms with Gasteiger partial charge in [-0.2, -0.15) is 0 Å². The first-order chi connectivity index (χ1) is 11.4. The minimum absolute atomic E-state index is 0.0241. The first-order valence-corrected chi connectivity index (χ1v) is 8.53. The van der Waals surface area contributed by atoms with Crippen LogP contribution >= 0.6 is 0 Å². The average molecular weight is 349 g/mol. The number of carbonyl (C=O) groups is 1. The van der Waals surface area contributed by atoms with Crippen molar-refractivity contribution in [1.29, 1.82) is 0 Å². The molecule has 0 aromatic heterocycles. The number of fused-ring (bicyclic) bond motifs is 1. The van der Waals surface area contributed by atoms with Crippen molar-refractivity contribution >= 4 is 21.7 Å². The third-order valence-corrected chi connectivity index (χ3v) is 4.26. The number of nitrogens with one attached hydrogen (secondary N) is 2. The molecule has 1 heterocycles. The molecule has 2 aromatic rings. The van der Waals surface area contributed by atoms with Gasteiger partial charge < -0.3 is 20.1 Å². The molecule has 0 atom stereocenters. The van der Waals surface area contributed by atoms with Crippen LogP contribution in [0.1, 0.15) is 5.56 Å². The van der Waals surface area contributed by atoms with E-state index < -0.39 is 16.1 Å². The number of carbonyl (C=O) groups excluding carboxylic acids is 1. The fourth-order valence-corrected chi connectivity index (χ4v) is 2.64. The Morgan fingerprint density at radius 3 is 2.50 bits per heavy atom. The van der Waals surface area contributed by atoms with E-state index in [4.69, 9.17) is 14.6 Å². The van der Waals surface area contributed by atoms with Crippen molar-refractivity contribution in [2.24, 2.45) is 5.14 Å². The van der Waals surface area contributed by atoms with Crippen molar-refractivity contribution in [1.82, 2.24) is 5.32 Å². The van der Waals surface area contributed by atoms with E-state index in [0.29, 0.717) is 17.2 Å². The van der Waals surface area contributed by atoms with Gasteiger partial charge >= 0.3 is 6.03 Å². The van der Waals surface area contributed by atoms with Gasteiger partial charge in [0, 0.05) is 18.3 Å². The number of amides is 2. The van der Waals surface area contributed by atoms with Gasteiger partial charge in [0.1, 0.15) is 0 Å². The van der Waals surface area contributed by atoms with E-state index in [2.05, 4.69) is 10.6 Å². The van der Waals surface area contributed by atoms with E-state index in [1.807, 2.05) is 0 Å². The molecule has 8 nitrogen and oxygen atoms in total. The molecule has 0 saturated heterocycles. The lowest BCUT2D eigenvalue weighted by atomic mass is 10.2. The van der Waals surface area contributed by atoms with Gasteiger partial charge in [-0.3, -0.25) is 0 Å². The zero-order chi connectivity index (χ0) is 17.2. The molecule has 2 amide bonds. The number of nitrogens with two attached hydrogens (primary N) is 1. The number of benzene rings is 2. The molecule has 126 valence electrons. The van der Waals surface area contributed by atoms with Crippen LogP contribution in [-0.4, -0.2) is 21.2 Å². The Labute approximate surface area is 138 Å². The first kappa shape index (κ1) is 16.1. The fourth-order valence-electron chi connectivity index (χ4n) is 2.13. The number of urea groups is 1. The first-order valence-electron chi connectivity index (χ1n) is 6.98. The minimum atomic E-state index is -3.72. The predicted octanol–water partition coefficient (Wildman–Crippen LogP) is 1.38. The summed E-state index contributed by atoms with van der Waals surface area (Å²) in [4.78, 5) is 11.9. The molecule has 0 bridgehead atoms. The SMILES string of the molecule is NS(=O)(=O)c1ccc(CNC(=O)Nc2ccc3c(c2)OCO3)cc1. The Morgan fingerprint density at radius 2 is 1.79 bits per heavy atom. The van der Waals surface area contributed by atoms with Crippen LogP contribution in [0.3, 0.4) is 0 Å². The molecule has 0 spiro atoms. The topological polar surface area (TPSA) is 120 Å². The van der Waals surface area contributed by atoms with Gasteiger partial charge in [0.2, 0.25) is 16.8 Å². The fraction of sp³-hybridized carbons (Fsp3) is 0.133. The zero-order valence-corrected chi connectivity index (χ0v) is 13.3. The predicted molar refractivity (Wildman–Crippen MR) is 86.2 cm³/mol. The van der Waals surface area contributed by atoms with Crippen LogP contribution in [0, 0.1) is 0 Å². The second-order valence-corrected chi connectivity index (χ2v) is 6.63. The summed E-state index contributed by atoms with van der Waals surface area (Å²) >= 11 is 0. The third-order valence-electron chi connectivity index (χ3n) is 3.34. The molecular weight excluding hydrogens is 334 g/mol. The number of sulfonamides is 1. The molecule has 3 rings (SSSR count). The standard InChI is InChI=1S/C15H15N3O5S/c16-24(20,21)12-4-1-10(2-5-12)8-17-15(19)18-11-3-6-13-14(7-11)23-9-22-13/h1-7H,8-9H2,(H2,16,20,21)(H2,17,18,19). The molecule has 2 aromatic carbocycles. The summed E-state index contributed by atoms with van der Waals surface area (Å²) in [5.74, 6) is 1.21. The van der Waals surface area contributed by atoms with Gasteiger partial charge in [-0.05, 0) is 29.8 Å². The highest BCUT2D eigenvalue weighted by molar-refractivity contribution is 7.89. The smallest absolute Gasteiger partial charge is 0.319 e. The zero-order valence-electron chi connectivity index (χ0n) is 12.5. The summed E-state index contributed by atoms with van der Waals surface area (Å²) < 4.78 is 32.8. The summed E-state index contributed by atoms with van der Waals surface area (Å²) in [7, 11) is -3.72. The molecule has 0 fully saturated rings. The number of hydrogen-bond acceptors (Lipinski definition) is 5. The van der Waals surface area contributed by atoms with Gasteiger partial charge in [-0.1, -0.05) is 12.1 Å². The lowest BCUT2D eigenvalue weighted by molar-refractivity contribution is 0.174. The van der Waals surface area contributed by atoms with Crippen LogP contribution in [0.2, 0.25) is 0 Å². The minimum Gasteiger partial charge on any atom is -0.454 e. The van der Waals surface area contributed by atoms with Crippen LogP contribution in [0.15, 0.2) is 47.4 Å². The second kappa shape index (κ2) is 6.38. The van der Waals surface area contributed by atoms with E-state index in [1.165, 1.54) is 12.1 Å². The number of anilines is 1. The Hall–Kier alpha value is -2.78. The molecule has 0 radical (unpaired) electrons. The summed E-state index contributed by atoms with van der Waals surface area (Å²) in [6.07, 6.45) is 0. The van der Waals surface area contributed by atoms with Crippen LogP contribution < -0.4 is 25.2 Å². The molecule has 4 N–H and O–H groups in total. The summed E-state index contributed by atoms with van der Waals surface area (Å²) in [5.41, 5.74) is 1.31. The molecule has 0 saturated carbocycles. The molecular formula is C15H15N3O5S. The Morgan fingerprint density at radius 1 is 1.08 bits per heavy atom. The number of hydrogen-bond donors (Lipinski definition) is 3. The normalized spacial score (nSPS) is 12.7. The van der Waals surface area contributed by atoms with E-state index >= 15 is 0 Å². The van der Waals surface area contributed by atoms with Crippen LogP contribution in [0.4, 0.5) is 10.5 Å². The highest BCUT2D eigenvalue weighted by Gasteiger charge is 2.14. The van der Waals surface area contributed by atoms with Crippen molar-refractivity contribution in [3.05, 3.63) is 48.0 Å². The lowest BCUT2D eigenvalue weighted by Crippen LogP contribution is -2.28. The van der Waals surface area contributed by atoms with Crippen LogP contribution in [0.25, 0.3) is 0 Å². The van der Waals surface area contributed by atoms with E-state index in [9.17, 15) is 13.2 Å². The molecule has 0 unspecified atom stereocenters. The van der Waals surface area contributed by atoms with Gasteiger partial charge in [-0.15, -0.1) is 0 Å². The molecule has 1 aliphatic rings. The Bertz CT molecular complexity index is 865. The van der Waals surface area contributed by atoms with Crippen molar-refractivity contribution < 1.29 is 22.7 Å². The van der Waals surface area contributed by atoms with Crippen molar-refractivity contribution in [2.75, 3.05) is 12.1 Å². The van der Waals surface area contributed by atoms with Gasteiger partial charge in [0.05, 0.1) is 4.90 Å².